The maximum Gasteiger partial charge on any atom is 0.416 e. The topological polar surface area (TPSA) is 29.1 Å². The maximum atomic E-state index is 12.5. The smallest absolute Gasteiger partial charge is 0.338 e. The molecule has 0 heterocycles. The van der Waals surface area contributed by atoms with E-state index in [1.54, 1.807) is 0 Å². The second kappa shape index (κ2) is 6.28. The Balaban J connectivity index is 2.86. The SMILES string of the molecule is C#CC(CCC)NC(=O)c1cccc(C(F)(F)F)c1. The van der Waals surface area contributed by atoms with E-state index in [0.29, 0.717) is 6.42 Å². The van der Waals surface area contributed by atoms with Gasteiger partial charge in [0.25, 0.3) is 5.91 Å². The average Bonchev–Trinajstić information content (AvgIpc) is 2.37. The first kappa shape index (κ1) is 15.1. The number of carbonyl (C=O) groups excluding carboxylic acids is 1. The number of alkyl halides is 3. The lowest BCUT2D eigenvalue weighted by Gasteiger charge is -2.13. The third kappa shape index (κ3) is 4.32. The summed E-state index contributed by atoms with van der Waals surface area (Å²) in [4.78, 5) is 11.8. The number of hydrogen-bond acceptors (Lipinski definition) is 1. The maximum absolute atomic E-state index is 12.5. The second-order valence-electron chi connectivity index (χ2n) is 4.06. The molecule has 0 aromatic heterocycles. The van der Waals surface area contributed by atoms with E-state index in [4.69, 9.17) is 6.42 Å². The van der Waals surface area contributed by atoms with Crippen LogP contribution in [0.15, 0.2) is 24.3 Å². The summed E-state index contributed by atoms with van der Waals surface area (Å²) in [5.74, 6) is 1.80. The summed E-state index contributed by atoms with van der Waals surface area (Å²) in [6.07, 6.45) is 2.13. The number of hydrogen-bond donors (Lipinski definition) is 1. The molecule has 0 saturated carbocycles. The minimum Gasteiger partial charge on any atom is -0.338 e. The minimum atomic E-state index is -4.47. The van der Waals surface area contributed by atoms with Gasteiger partial charge in [-0.3, -0.25) is 4.79 Å². The van der Waals surface area contributed by atoms with Gasteiger partial charge in [0.15, 0.2) is 0 Å². The van der Waals surface area contributed by atoms with Crippen LogP contribution >= 0.6 is 0 Å². The molecule has 1 amide bonds. The van der Waals surface area contributed by atoms with Crippen LogP contribution in [0.2, 0.25) is 0 Å². The van der Waals surface area contributed by atoms with E-state index in [1.165, 1.54) is 12.1 Å². The molecule has 0 aliphatic rings. The summed E-state index contributed by atoms with van der Waals surface area (Å²) in [6.45, 7) is 1.90. The highest BCUT2D eigenvalue weighted by molar-refractivity contribution is 5.94. The van der Waals surface area contributed by atoms with Crippen molar-refractivity contribution in [2.75, 3.05) is 0 Å². The molecule has 0 aliphatic heterocycles. The third-order valence-electron chi connectivity index (χ3n) is 2.54. The van der Waals surface area contributed by atoms with Crippen LogP contribution in [0.3, 0.4) is 0 Å². The van der Waals surface area contributed by atoms with Crippen LogP contribution < -0.4 is 5.32 Å². The van der Waals surface area contributed by atoms with Gasteiger partial charge in [-0.05, 0) is 24.6 Å². The van der Waals surface area contributed by atoms with Gasteiger partial charge in [0.05, 0.1) is 11.6 Å². The molecule has 1 N–H and O–H groups in total. The van der Waals surface area contributed by atoms with Crippen molar-refractivity contribution in [2.24, 2.45) is 0 Å². The zero-order chi connectivity index (χ0) is 14.5. The zero-order valence-electron chi connectivity index (χ0n) is 10.4. The number of rotatable bonds is 4. The number of amides is 1. The van der Waals surface area contributed by atoms with Gasteiger partial charge in [0.2, 0.25) is 0 Å². The van der Waals surface area contributed by atoms with Gasteiger partial charge in [0.1, 0.15) is 0 Å². The number of terminal acetylenes is 1. The Hall–Kier alpha value is -1.96. The fourth-order valence-corrected chi connectivity index (χ4v) is 1.56. The first-order valence-electron chi connectivity index (χ1n) is 5.82. The molecule has 0 radical (unpaired) electrons. The van der Waals surface area contributed by atoms with Crippen LogP contribution in [0.5, 0.6) is 0 Å². The molecule has 0 aliphatic carbocycles. The van der Waals surface area contributed by atoms with Gasteiger partial charge < -0.3 is 5.32 Å². The van der Waals surface area contributed by atoms with Crippen molar-refractivity contribution in [3.05, 3.63) is 35.4 Å². The van der Waals surface area contributed by atoms with E-state index in [2.05, 4.69) is 11.2 Å². The van der Waals surface area contributed by atoms with E-state index in [0.717, 1.165) is 18.6 Å². The van der Waals surface area contributed by atoms with E-state index in [-0.39, 0.29) is 5.56 Å². The van der Waals surface area contributed by atoms with Gasteiger partial charge in [0, 0.05) is 5.56 Å². The summed E-state index contributed by atoms with van der Waals surface area (Å²) in [5, 5.41) is 2.52. The standard InChI is InChI=1S/C14H14F3NO/c1-3-6-12(4-2)18-13(19)10-7-5-8-11(9-10)14(15,16)17/h2,5,7-9,12H,3,6H2,1H3,(H,18,19). The Morgan fingerprint density at radius 2 is 2.16 bits per heavy atom. The summed E-state index contributed by atoms with van der Waals surface area (Å²) >= 11 is 0. The predicted octanol–water partition coefficient (Wildman–Crippen LogP) is 3.24. The Morgan fingerprint density at radius 1 is 1.47 bits per heavy atom. The molecule has 2 nitrogen and oxygen atoms in total. The number of nitrogens with one attached hydrogen (secondary N) is 1. The monoisotopic (exact) mass is 269 g/mol. The molecule has 1 rings (SSSR count). The first-order chi connectivity index (χ1) is 8.88. The van der Waals surface area contributed by atoms with Crippen LogP contribution in [0.4, 0.5) is 13.2 Å². The molecule has 1 unspecified atom stereocenters. The van der Waals surface area contributed by atoms with E-state index in [9.17, 15) is 18.0 Å². The Kier molecular flexibility index (Phi) is 4.99. The summed E-state index contributed by atoms with van der Waals surface area (Å²) < 4.78 is 37.6. The van der Waals surface area contributed by atoms with Gasteiger partial charge in [-0.25, -0.2) is 0 Å². The van der Waals surface area contributed by atoms with Crippen LogP contribution in [0.25, 0.3) is 0 Å². The van der Waals surface area contributed by atoms with Gasteiger partial charge in [-0.1, -0.05) is 25.3 Å². The fraction of sp³-hybridized carbons (Fsp3) is 0.357. The number of halogens is 3. The molecule has 19 heavy (non-hydrogen) atoms. The van der Waals surface area contributed by atoms with Crippen molar-refractivity contribution >= 4 is 5.91 Å². The number of carbonyl (C=O) groups is 1. The van der Waals surface area contributed by atoms with Crippen molar-refractivity contribution < 1.29 is 18.0 Å². The second-order valence-corrected chi connectivity index (χ2v) is 4.06. The van der Waals surface area contributed by atoms with Gasteiger partial charge >= 0.3 is 6.18 Å². The molecule has 0 spiro atoms. The Morgan fingerprint density at radius 3 is 2.68 bits per heavy atom. The van der Waals surface area contributed by atoms with Crippen LogP contribution in [-0.4, -0.2) is 11.9 Å². The molecular formula is C14H14F3NO. The fourth-order valence-electron chi connectivity index (χ4n) is 1.56. The Bertz CT molecular complexity index is 488. The molecule has 1 aromatic carbocycles. The molecule has 0 fully saturated rings. The van der Waals surface area contributed by atoms with E-state index >= 15 is 0 Å². The zero-order valence-corrected chi connectivity index (χ0v) is 10.4. The molecule has 102 valence electrons. The summed E-state index contributed by atoms with van der Waals surface area (Å²) in [7, 11) is 0. The lowest BCUT2D eigenvalue weighted by atomic mass is 10.1. The van der Waals surface area contributed by atoms with E-state index in [1.807, 2.05) is 6.92 Å². The van der Waals surface area contributed by atoms with Crippen LogP contribution in [0.1, 0.15) is 35.7 Å². The average molecular weight is 269 g/mol. The van der Waals surface area contributed by atoms with Crippen molar-refractivity contribution in [3.63, 3.8) is 0 Å². The Labute approximate surface area is 110 Å². The van der Waals surface area contributed by atoms with Crippen molar-refractivity contribution in [2.45, 2.75) is 32.0 Å². The van der Waals surface area contributed by atoms with Crippen molar-refractivity contribution in [3.8, 4) is 12.3 Å². The molecular weight excluding hydrogens is 255 g/mol. The third-order valence-corrected chi connectivity index (χ3v) is 2.54. The van der Waals surface area contributed by atoms with E-state index < -0.39 is 23.7 Å². The van der Waals surface area contributed by atoms with Crippen molar-refractivity contribution in [1.29, 1.82) is 0 Å². The molecule has 0 saturated heterocycles. The van der Waals surface area contributed by atoms with Crippen LogP contribution in [0, 0.1) is 12.3 Å². The predicted molar refractivity (Wildman–Crippen MR) is 66.4 cm³/mol. The molecule has 5 heteroatoms. The lowest BCUT2D eigenvalue weighted by Crippen LogP contribution is -2.33. The minimum absolute atomic E-state index is 0.0498. The molecule has 0 bridgehead atoms. The van der Waals surface area contributed by atoms with Crippen molar-refractivity contribution in [1.82, 2.24) is 5.32 Å². The van der Waals surface area contributed by atoms with Gasteiger partial charge in [-0.2, -0.15) is 13.2 Å². The highest BCUT2D eigenvalue weighted by Gasteiger charge is 2.30. The highest BCUT2D eigenvalue weighted by atomic mass is 19.4. The highest BCUT2D eigenvalue weighted by Crippen LogP contribution is 2.29. The molecule has 1 atom stereocenters. The normalized spacial score (nSPS) is 12.6. The number of benzene rings is 1. The summed E-state index contributed by atoms with van der Waals surface area (Å²) in [6, 6.07) is 3.79. The van der Waals surface area contributed by atoms with Crippen LogP contribution in [-0.2, 0) is 6.18 Å². The summed E-state index contributed by atoms with van der Waals surface area (Å²) in [5.41, 5.74) is -0.904. The largest absolute Gasteiger partial charge is 0.416 e. The first-order valence-corrected chi connectivity index (χ1v) is 5.82. The quantitative estimate of drug-likeness (QED) is 0.835. The van der Waals surface area contributed by atoms with Gasteiger partial charge in [-0.15, -0.1) is 6.42 Å². The molecule has 1 aromatic rings. The lowest BCUT2D eigenvalue weighted by molar-refractivity contribution is -0.137.